The minimum Gasteiger partial charge on any atom is -0.497 e. The van der Waals surface area contributed by atoms with E-state index in [1.165, 1.54) is 11.3 Å². The Kier molecular flexibility index (Phi) is 4.73. The van der Waals surface area contributed by atoms with Gasteiger partial charge in [-0.1, -0.05) is 13.8 Å². The fourth-order valence-electron chi connectivity index (χ4n) is 2.55. The normalized spacial score (nSPS) is 11.1. The lowest BCUT2D eigenvalue weighted by molar-refractivity contribution is 0.0729. The van der Waals surface area contributed by atoms with Gasteiger partial charge in [0.15, 0.2) is 0 Å². The van der Waals surface area contributed by atoms with Gasteiger partial charge in [0, 0.05) is 23.2 Å². The molecule has 0 saturated heterocycles. The Morgan fingerprint density at radius 1 is 1.38 bits per heavy atom. The summed E-state index contributed by atoms with van der Waals surface area (Å²) >= 11 is 1.43. The molecule has 1 heterocycles. The van der Waals surface area contributed by atoms with Crippen LogP contribution in [0.5, 0.6) is 5.75 Å². The summed E-state index contributed by atoms with van der Waals surface area (Å²) in [7, 11) is 3.48. The highest BCUT2D eigenvalue weighted by Gasteiger charge is 2.23. The Labute approximate surface area is 129 Å². The first-order chi connectivity index (χ1) is 10.0. The van der Waals surface area contributed by atoms with Crippen LogP contribution in [0.4, 0.5) is 5.69 Å². The summed E-state index contributed by atoms with van der Waals surface area (Å²) in [6, 6.07) is 5.94. The number of hydrogen-bond donors (Lipinski definition) is 1. The number of rotatable bonds is 5. The predicted octanol–water partition coefficient (Wildman–Crippen LogP) is 3.75. The Morgan fingerprint density at radius 3 is 2.62 bits per heavy atom. The highest BCUT2D eigenvalue weighted by Crippen LogP contribution is 2.36. The topological polar surface area (TPSA) is 55.6 Å². The molecule has 1 amide bonds. The molecule has 0 atom stereocenters. The summed E-state index contributed by atoms with van der Waals surface area (Å²) in [4.78, 5) is 15.1. The minimum absolute atomic E-state index is 0.00127. The number of nitrogens with two attached hydrogens (primary N) is 1. The highest BCUT2D eigenvalue weighted by atomic mass is 32.1. The van der Waals surface area contributed by atoms with E-state index in [0.717, 1.165) is 28.7 Å². The fourth-order valence-corrected chi connectivity index (χ4v) is 3.68. The zero-order valence-corrected chi connectivity index (χ0v) is 13.8. The Bertz CT molecular complexity index is 647. The van der Waals surface area contributed by atoms with Gasteiger partial charge in [0.25, 0.3) is 5.91 Å². The molecule has 0 aliphatic carbocycles. The van der Waals surface area contributed by atoms with E-state index in [1.54, 1.807) is 12.0 Å². The van der Waals surface area contributed by atoms with Crippen molar-refractivity contribution in [2.45, 2.75) is 32.7 Å². The van der Waals surface area contributed by atoms with E-state index in [2.05, 4.69) is 13.8 Å². The largest absolute Gasteiger partial charge is 0.497 e. The van der Waals surface area contributed by atoms with E-state index in [9.17, 15) is 4.79 Å². The number of benzene rings is 1. The molecule has 0 aliphatic rings. The standard InChI is InChI=1S/C16H22N2O2S/c1-5-10(6-2)18(3)16(19)15-14(17)12-8-7-11(20-4)9-13(12)21-15/h7-10H,5-6,17H2,1-4H3. The van der Waals surface area contributed by atoms with Crippen LogP contribution in [0.2, 0.25) is 0 Å². The smallest absolute Gasteiger partial charge is 0.266 e. The third-order valence-electron chi connectivity index (χ3n) is 3.94. The SMILES string of the molecule is CCC(CC)N(C)C(=O)c1sc2cc(OC)ccc2c1N. The Balaban J connectivity index is 2.42. The maximum atomic E-state index is 12.7. The van der Waals surface area contributed by atoms with E-state index in [-0.39, 0.29) is 11.9 Å². The van der Waals surface area contributed by atoms with Gasteiger partial charge in [0.1, 0.15) is 10.6 Å². The highest BCUT2D eigenvalue weighted by molar-refractivity contribution is 7.21. The summed E-state index contributed by atoms with van der Waals surface area (Å²) < 4.78 is 6.20. The van der Waals surface area contributed by atoms with E-state index in [0.29, 0.717) is 10.6 Å². The molecule has 0 radical (unpaired) electrons. The molecule has 0 spiro atoms. The third-order valence-corrected chi connectivity index (χ3v) is 5.10. The van der Waals surface area contributed by atoms with E-state index < -0.39 is 0 Å². The second-order valence-corrected chi connectivity index (χ2v) is 6.15. The number of fused-ring (bicyclic) bond motifs is 1. The fraction of sp³-hybridized carbons (Fsp3) is 0.438. The predicted molar refractivity (Wildman–Crippen MR) is 89.3 cm³/mol. The minimum atomic E-state index is 0.00127. The molecule has 0 aliphatic heterocycles. The monoisotopic (exact) mass is 306 g/mol. The van der Waals surface area contributed by atoms with Gasteiger partial charge in [-0.2, -0.15) is 0 Å². The zero-order chi connectivity index (χ0) is 15.6. The van der Waals surface area contributed by atoms with Gasteiger partial charge in [-0.05, 0) is 31.0 Å². The first kappa shape index (κ1) is 15.6. The van der Waals surface area contributed by atoms with Crippen LogP contribution in [0.1, 0.15) is 36.4 Å². The molecule has 5 heteroatoms. The molecule has 2 N–H and O–H groups in total. The maximum Gasteiger partial charge on any atom is 0.266 e. The number of methoxy groups -OCH3 is 1. The lowest BCUT2D eigenvalue weighted by Gasteiger charge is -2.25. The summed E-state index contributed by atoms with van der Waals surface area (Å²) in [6.45, 7) is 4.19. The third kappa shape index (κ3) is 2.83. The molecule has 0 unspecified atom stereocenters. The van der Waals surface area contributed by atoms with Gasteiger partial charge in [0.2, 0.25) is 0 Å². The van der Waals surface area contributed by atoms with Crippen LogP contribution < -0.4 is 10.5 Å². The number of hydrogen-bond acceptors (Lipinski definition) is 4. The van der Waals surface area contributed by atoms with Gasteiger partial charge >= 0.3 is 0 Å². The Hall–Kier alpha value is -1.75. The molecule has 2 aromatic rings. The molecular formula is C16H22N2O2S. The molecule has 0 fully saturated rings. The molecule has 0 bridgehead atoms. The van der Waals surface area contributed by atoms with Gasteiger partial charge < -0.3 is 15.4 Å². The summed E-state index contributed by atoms with van der Waals surface area (Å²) in [5, 5.41) is 0.919. The van der Waals surface area contributed by atoms with Crippen molar-refractivity contribution in [2.75, 3.05) is 19.9 Å². The zero-order valence-electron chi connectivity index (χ0n) is 13.0. The molecule has 1 aromatic carbocycles. The van der Waals surface area contributed by atoms with Crippen molar-refractivity contribution < 1.29 is 9.53 Å². The number of carbonyl (C=O) groups excluding carboxylic acids is 1. The van der Waals surface area contributed by atoms with E-state index >= 15 is 0 Å². The molecule has 2 rings (SSSR count). The second-order valence-electron chi connectivity index (χ2n) is 5.09. The summed E-state index contributed by atoms with van der Waals surface area (Å²) in [5.74, 6) is 0.775. The van der Waals surface area contributed by atoms with Gasteiger partial charge in [-0.25, -0.2) is 0 Å². The number of ether oxygens (including phenoxy) is 1. The average molecular weight is 306 g/mol. The van der Waals surface area contributed by atoms with Crippen LogP contribution in [0.25, 0.3) is 10.1 Å². The number of carbonyl (C=O) groups is 1. The van der Waals surface area contributed by atoms with Crippen molar-refractivity contribution in [3.8, 4) is 5.75 Å². The van der Waals surface area contributed by atoms with Crippen LogP contribution in [0.15, 0.2) is 18.2 Å². The number of nitrogens with zero attached hydrogens (tertiary/aromatic N) is 1. The number of anilines is 1. The second kappa shape index (κ2) is 6.35. The number of thiophene rings is 1. The molecule has 1 aromatic heterocycles. The first-order valence-electron chi connectivity index (χ1n) is 7.16. The Morgan fingerprint density at radius 2 is 2.05 bits per heavy atom. The van der Waals surface area contributed by atoms with Crippen molar-refractivity contribution in [1.29, 1.82) is 0 Å². The first-order valence-corrected chi connectivity index (χ1v) is 7.98. The van der Waals surface area contributed by atoms with Crippen LogP contribution in [-0.2, 0) is 0 Å². The summed E-state index contributed by atoms with van der Waals surface area (Å²) in [6.07, 6.45) is 1.88. The van der Waals surface area contributed by atoms with Crippen LogP contribution >= 0.6 is 11.3 Å². The van der Waals surface area contributed by atoms with E-state index in [1.807, 2.05) is 25.2 Å². The molecule has 4 nitrogen and oxygen atoms in total. The lowest BCUT2D eigenvalue weighted by Crippen LogP contribution is -2.36. The lowest BCUT2D eigenvalue weighted by atomic mass is 10.1. The van der Waals surface area contributed by atoms with Crippen molar-refractivity contribution in [3.63, 3.8) is 0 Å². The van der Waals surface area contributed by atoms with Gasteiger partial charge in [-0.3, -0.25) is 4.79 Å². The summed E-state index contributed by atoms with van der Waals surface area (Å²) in [5.41, 5.74) is 6.74. The molecule has 0 saturated carbocycles. The number of amides is 1. The van der Waals surface area contributed by atoms with Gasteiger partial charge in [0.05, 0.1) is 12.8 Å². The van der Waals surface area contributed by atoms with Crippen LogP contribution in [0.3, 0.4) is 0 Å². The van der Waals surface area contributed by atoms with Crippen molar-refractivity contribution in [3.05, 3.63) is 23.1 Å². The van der Waals surface area contributed by atoms with Crippen LogP contribution in [0, 0.1) is 0 Å². The van der Waals surface area contributed by atoms with Crippen molar-refractivity contribution >= 4 is 33.0 Å². The molecular weight excluding hydrogens is 284 g/mol. The van der Waals surface area contributed by atoms with Crippen molar-refractivity contribution in [2.24, 2.45) is 0 Å². The average Bonchev–Trinajstić information content (AvgIpc) is 2.84. The van der Waals surface area contributed by atoms with Crippen molar-refractivity contribution in [1.82, 2.24) is 4.90 Å². The van der Waals surface area contributed by atoms with Crippen LogP contribution in [-0.4, -0.2) is 31.0 Å². The quantitative estimate of drug-likeness (QED) is 0.915. The molecule has 21 heavy (non-hydrogen) atoms. The van der Waals surface area contributed by atoms with E-state index in [4.69, 9.17) is 10.5 Å². The van der Waals surface area contributed by atoms with Gasteiger partial charge in [-0.15, -0.1) is 11.3 Å². The maximum absolute atomic E-state index is 12.7. The molecule has 114 valence electrons. The number of nitrogen functional groups attached to an aromatic ring is 1.